The smallest absolute Gasteiger partial charge is 0.412 e. The summed E-state index contributed by atoms with van der Waals surface area (Å²) in [6.45, 7) is 4.89. The molecule has 0 aliphatic carbocycles. The molecule has 2 aromatic carbocycles. The number of carbonyl (C=O) groups excluding carboxylic acids is 1. The minimum atomic E-state index is -4.50. The van der Waals surface area contributed by atoms with Gasteiger partial charge in [0.25, 0.3) is 15.7 Å². The standard InChI is InChI=1S/C19H21N3O8S/c1-19(2,3)30-18(25)20-13-10-9-12(17(23)24)11-15(13)21(4)31(28,29)16-8-6-5-7-14(16)22(26)27/h5-11H,1-4H3,(H,20,25)(H,23,24). The van der Waals surface area contributed by atoms with E-state index in [1.165, 1.54) is 24.3 Å². The zero-order chi connectivity index (χ0) is 23.6. The van der Waals surface area contributed by atoms with Gasteiger partial charge >= 0.3 is 12.1 Å². The van der Waals surface area contributed by atoms with E-state index in [-0.39, 0.29) is 16.9 Å². The van der Waals surface area contributed by atoms with Gasteiger partial charge in [0.2, 0.25) is 0 Å². The number of hydrogen-bond acceptors (Lipinski definition) is 7. The molecule has 12 heteroatoms. The third-order valence-corrected chi connectivity index (χ3v) is 5.74. The van der Waals surface area contributed by atoms with Crippen LogP contribution in [0.5, 0.6) is 0 Å². The van der Waals surface area contributed by atoms with Crippen LogP contribution in [0.4, 0.5) is 21.9 Å². The number of aromatic carboxylic acids is 1. The summed E-state index contributed by atoms with van der Waals surface area (Å²) in [6, 6.07) is 8.14. The van der Waals surface area contributed by atoms with Crippen LogP contribution >= 0.6 is 0 Å². The lowest BCUT2D eigenvalue weighted by Crippen LogP contribution is -2.30. The number of rotatable bonds is 6. The fourth-order valence-corrected chi connectivity index (χ4v) is 3.91. The fourth-order valence-electron chi connectivity index (χ4n) is 2.55. The van der Waals surface area contributed by atoms with E-state index in [9.17, 15) is 33.2 Å². The number of carbonyl (C=O) groups is 2. The molecule has 0 saturated carbocycles. The molecule has 2 aromatic rings. The van der Waals surface area contributed by atoms with Crippen molar-refractivity contribution in [2.24, 2.45) is 0 Å². The molecule has 0 heterocycles. The van der Waals surface area contributed by atoms with Gasteiger partial charge in [0, 0.05) is 13.1 Å². The lowest BCUT2D eigenvalue weighted by Gasteiger charge is -2.24. The Morgan fingerprint density at radius 3 is 2.32 bits per heavy atom. The highest BCUT2D eigenvalue weighted by Crippen LogP contribution is 2.34. The van der Waals surface area contributed by atoms with E-state index in [0.717, 1.165) is 25.2 Å². The average molecular weight is 451 g/mol. The number of sulfonamides is 1. The van der Waals surface area contributed by atoms with Crippen molar-refractivity contribution in [1.29, 1.82) is 0 Å². The molecule has 166 valence electrons. The molecule has 0 atom stereocenters. The van der Waals surface area contributed by atoms with Crippen molar-refractivity contribution in [3.8, 4) is 0 Å². The molecule has 0 spiro atoms. The first-order valence-corrected chi connectivity index (χ1v) is 10.3. The van der Waals surface area contributed by atoms with Crippen molar-refractivity contribution >= 4 is 39.1 Å². The number of carboxylic acids is 1. The molecule has 0 aliphatic heterocycles. The zero-order valence-electron chi connectivity index (χ0n) is 17.1. The molecular weight excluding hydrogens is 430 g/mol. The quantitative estimate of drug-likeness (QED) is 0.499. The maximum atomic E-state index is 13.1. The minimum Gasteiger partial charge on any atom is -0.478 e. The highest BCUT2D eigenvalue weighted by Gasteiger charge is 2.31. The molecule has 1 amide bonds. The van der Waals surface area contributed by atoms with Crippen LogP contribution in [0.1, 0.15) is 31.1 Å². The van der Waals surface area contributed by atoms with Crippen LogP contribution in [0.2, 0.25) is 0 Å². The second-order valence-corrected chi connectivity index (χ2v) is 9.30. The van der Waals surface area contributed by atoms with Gasteiger partial charge in [0.1, 0.15) is 5.60 Å². The van der Waals surface area contributed by atoms with Crippen LogP contribution in [0.25, 0.3) is 0 Å². The largest absolute Gasteiger partial charge is 0.478 e. The van der Waals surface area contributed by atoms with Crippen molar-refractivity contribution in [1.82, 2.24) is 0 Å². The second-order valence-electron chi connectivity index (χ2n) is 7.36. The van der Waals surface area contributed by atoms with Gasteiger partial charge in [0.15, 0.2) is 4.90 Å². The van der Waals surface area contributed by atoms with Crippen molar-refractivity contribution in [2.45, 2.75) is 31.3 Å². The van der Waals surface area contributed by atoms with Crippen LogP contribution in [0.3, 0.4) is 0 Å². The number of benzene rings is 2. The van der Waals surface area contributed by atoms with Crippen molar-refractivity contribution < 1.29 is 32.8 Å². The molecular formula is C19H21N3O8S. The van der Waals surface area contributed by atoms with Gasteiger partial charge in [-0.25, -0.2) is 18.0 Å². The van der Waals surface area contributed by atoms with Gasteiger partial charge < -0.3 is 9.84 Å². The van der Waals surface area contributed by atoms with Crippen LogP contribution in [0, 0.1) is 10.1 Å². The van der Waals surface area contributed by atoms with E-state index in [1.807, 2.05) is 0 Å². The summed E-state index contributed by atoms with van der Waals surface area (Å²) in [5.41, 5.74) is -2.03. The van der Waals surface area contributed by atoms with E-state index in [2.05, 4.69) is 5.32 Å². The summed E-state index contributed by atoms with van der Waals surface area (Å²) in [7, 11) is -3.41. The Morgan fingerprint density at radius 1 is 1.16 bits per heavy atom. The minimum absolute atomic E-state index is 0.0658. The molecule has 0 saturated heterocycles. The Balaban J connectivity index is 2.59. The number of nitrogens with one attached hydrogen (secondary N) is 1. The summed E-state index contributed by atoms with van der Waals surface area (Å²) < 4.78 is 32.1. The van der Waals surface area contributed by atoms with Crippen molar-refractivity contribution in [2.75, 3.05) is 16.7 Å². The van der Waals surface area contributed by atoms with Gasteiger partial charge in [-0.2, -0.15) is 0 Å². The Morgan fingerprint density at radius 2 is 1.77 bits per heavy atom. The van der Waals surface area contributed by atoms with Gasteiger partial charge in [0.05, 0.1) is 21.9 Å². The van der Waals surface area contributed by atoms with Crippen molar-refractivity contribution in [3.05, 3.63) is 58.1 Å². The van der Waals surface area contributed by atoms with Crippen LogP contribution < -0.4 is 9.62 Å². The first-order chi connectivity index (χ1) is 14.2. The molecule has 2 rings (SSSR count). The van der Waals surface area contributed by atoms with E-state index in [4.69, 9.17) is 4.74 Å². The highest BCUT2D eigenvalue weighted by atomic mass is 32.2. The lowest BCUT2D eigenvalue weighted by atomic mass is 10.1. The molecule has 11 nitrogen and oxygen atoms in total. The number of carboxylic acid groups (broad SMARTS) is 1. The number of hydrogen-bond donors (Lipinski definition) is 2. The van der Waals surface area contributed by atoms with E-state index in [1.54, 1.807) is 20.8 Å². The molecule has 0 unspecified atom stereocenters. The third-order valence-electron chi connectivity index (χ3n) is 3.92. The van der Waals surface area contributed by atoms with Gasteiger partial charge in [-0.15, -0.1) is 0 Å². The number of anilines is 2. The van der Waals surface area contributed by atoms with E-state index >= 15 is 0 Å². The molecule has 2 N–H and O–H groups in total. The van der Waals surface area contributed by atoms with E-state index < -0.39 is 43.2 Å². The fraction of sp³-hybridized carbons (Fsp3) is 0.263. The molecule has 0 radical (unpaired) electrons. The molecule has 0 aromatic heterocycles. The number of para-hydroxylation sites is 1. The summed E-state index contributed by atoms with van der Waals surface area (Å²) in [5.74, 6) is -1.33. The van der Waals surface area contributed by atoms with E-state index in [0.29, 0.717) is 4.31 Å². The molecule has 0 aliphatic rings. The summed E-state index contributed by atoms with van der Waals surface area (Å²) >= 11 is 0. The summed E-state index contributed by atoms with van der Waals surface area (Å²) in [4.78, 5) is 33.4. The third kappa shape index (κ3) is 5.48. The Bertz CT molecular complexity index is 1140. The number of ether oxygens (including phenoxy) is 1. The van der Waals surface area contributed by atoms with Crippen LogP contribution in [-0.2, 0) is 14.8 Å². The topological polar surface area (TPSA) is 156 Å². The Labute approximate surface area is 178 Å². The first kappa shape index (κ1) is 23.6. The lowest BCUT2D eigenvalue weighted by molar-refractivity contribution is -0.387. The molecule has 0 fully saturated rings. The summed E-state index contributed by atoms with van der Waals surface area (Å²) in [6.07, 6.45) is -0.895. The highest BCUT2D eigenvalue weighted by molar-refractivity contribution is 7.93. The van der Waals surface area contributed by atoms with Gasteiger partial charge in [-0.1, -0.05) is 12.1 Å². The maximum Gasteiger partial charge on any atom is 0.412 e. The monoisotopic (exact) mass is 451 g/mol. The Hall–Kier alpha value is -3.67. The van der Waals surface area contributed by atoms with Gasteiger partial charge in [-0.05, 0) is 45.0 Å². The predicted octanol–water partition coefficient (Wildman–Crippen LogP) is 3.47. The number of nitro groups is 1. The predicted molar refractivity (Wildman–Crippen MR) is 112 cm³/mol. The molecule has 0 bridgehead atoms. The zero-order valence-corrected chi connectivity index (χ0v) is 18.0. The van der Waals surface area contributed by atoms with Crippen molar-refractivity contribution in [3.63, 3.8) is 0 Å². The number of nitrogens with zero attached hydrogens (tertiary/aromatic N) is 2. The maximum absolute atomic E-state index is 13.1. The first-order valence-electron chi connectivity index (χ1n) is 8.84. The van der Waals surface area contributed by atoms with Crippen LogP contribution in [0.15, 0.2) is 47.4 Å². The number of nitro benzene ring substituents is 1. The SMILES string of the molecule is CN(c1cc(C(=O)O)ccc1NC(=O)OC(C)(C)C)S(=O)(=O)c1ccccc1[N+](=O)[O-]. The Kier molecular flexibility index (Phi) is 6.55. The second kappa shape index (κ2) is 8.60. The normalized spacial score (nSPS) is 11.5. The van der Waals surface area contributed by atoms with Crippen LogP contribution in [-0.4, -0.2) is 43.2 Å². The summed E-state index contributed by atoms with van der Waals surface area (Å²) in [5, 5.41) is 23.0. The molecule has 31 heavy (non-hydrogen) atoms. The van der Waals surface area contributed by atoms with Gasteiger partial charge in [-0.3, -0.25) is 19.7 Å². The average Bonchev–Trinajstić information content (AvgIpc) is 2.65. The number of amides is 1.